The van der Waals surface area contributed by atoms with Gasteiger partial charge in [-0.25, -0.2) is 17.8 Å². The van der Waals surface area contributed by atoms with Crippen LogP contribution in [0.3, 0.4) is 0 Å². The first kappa shape index (κ1) is 15.4. The van der Waals surface area contributed by atoms with Crippen LogP contribution in [-0.4, -0.2) is 19.9 Å². The molecule has 21 heavy (non-hydrogen) atoms. The molecule has 1 aromatic carbocycles. The topological polar surface area (TPSA) is 85.1 Å². The fourth-order valence-corrected chi connectivity index (χ4v) is 3.44. The molecule has 1 aromatic heterocycles. The van der Waals surface area contributed by atoms with E-state index in [9.17, 15) is 12.8 Å². The molecule has 0 bridgehead atoms. The molecule has 0 saturated carbocycles. The molecule has 0 amide bonds. The third-order valence-corrected chi connectivity index (χ3v) is 4.76. The molecule has 0 aliphatic rings. The van der Waals surface area contributed by atoms with E-state index in [1.807, 2.05) is 0 Å². The fraction of sp³-hybridized carbons (Fsp3) is 0.154. The van der Waals surface area contributed by atoms with E-state index in [4.69, 9.17) is 5.73 Å². The zero-order valence-electron chi connectivity index (χ0n) is 11.1. The molecule has 0 spiro atoms. The summed E-state index contributed by atoms with van der Waals surface area (Å²) in [4.78, 5) is 3.81. The SMILES string of the molecule is Cc1csc(NS(=O)(=O)c2ccc(C#CCN)c(F)c2)n1. The van der Waals surface area contributed by atoms with E-state index < -0.39 is 15.8 Å². The van der Waals surface area contributed by atoms with Crippen LogP contribution in [0.15, 0.2) is 28.5 Å². The van der Waals surface area contributed by atoms with Gasteiger partial charge in [-0.2, -0.15) is 0 Å². The van der Waals surface area contributed by atoms with Crippen LogP contribution in [-0.2, 0) is 10.0 Å². The van der Waals surface area contributed by atoms with Crippen molar-refractivity contribution in [3.63, 3.8) is 0 Å². The number of hydrogen-bond acceptors (Lipinski definition) is 5. The highest BCUT2D eigenvalue weighted by Crippen LogP contribution is 2.21. The van der Waals surface area contributed by atoms with Crippen LogP contribution in [0.4, 0.5) is 9.52 Å². The van der Waals surface area contributed by atoms with E-state index in [0.29, 0.717) is 5.69 Å². The van der Waals surface area contributed by atoms with E-state index in [2.05, 4.69) is 21.5 Å². The molecule has 0 atom stereocenters. The number of hydrogen-bond donors (Lipinski definition) is 2. The van der Waals surface area contributed by atoms with Crippen molar-refractivity contribution in [1.29, 1.82) is 0 Å². The minimum atomic E-state index is -3.87. The van der Waals surface area contributed by atoms with Crippen LogP contribution in [0.2, 0.25) is 0 Å². The van der Waals surface area contributed by atoms with Gasteiger partial charge in [0.25, 0.3) is 10.0 Å². The minimum Gasteiger partial charge on any atom is -0.320 e. The van der Waals surface area contributed by atoms with Gasteiger partial charge in [0.15, 0.2) is 5.13 Å². The first-order valence-electron chi connectivity index (χ1n) is 5.86. The lowest BCUT2D eigenvalue weighted by molar-refractivity contribution is 0.594. The molecule has 0 unspecified atom stereocenters. The Hall–Kier alpha value is -1.95. The molecule has 5 nitrogen and oxygen atoms in total. The van der Waals surface area contributed by atoms with Crippen LogP contribution in [0.5, 0.6) is 0 Å². The lowest BCUT2D eigenvalue weighted by Gasteiger charge is -2.05. The molecule has 1 heterocycles. The Morgan fingerprint density at radius 1 is 1.48 bits per heavy atom. The van der Waals surface area contributed by atoms with Crippen LogP contribution >= 0.6 is 11.3 Å². The van der Waals surface area contributed by atoms with Gasteiger partial charge >= 0.3 is 0 Å². The first-order chi connectivity index (χ1) is 9.92. The number of nitrogens with two attached hydrogens (primary N) is 1. The summed E-state index contributed by atoms with van der Waals surface area (Å²) in [6.45, 7) is 1.85. The zero-order chi connectivity index (χ0) is 15.5. The number of aryl methyl sites for hydroxylation is 1. The van der Waals surface area contributed by atoms with Gasteiger partial charge < -0.3 is 5.73 Å². The lowest BCUT2D eigenvalue weighted by Crippen LogP contribution is -2.13. The molecule has 0 saturated heterocycles. The normalized spacial score (nSPS) is 10.8. The number of aromatic nitrogens is 1. The first-order valence-corrected chi connectivity index (χ1v) is 8.22. The van der Waals surface area contributed by atoms with Crippen molar-refractivity contribution in [1.82, 2.24) is 4.98 Å². The number of halogens is 1. The van der Waals surface area contributed by atoms with Crippen LogP contribution < -0.4 is 10.5 Å². The maximum atomic E-state index is 13.8. The molecule has 0 radical (unpaired) electrons. The van der Waals surface area contributed by atoms with Crippen LogP contribution in [0.1, 0.15) is 11.3 Å². The van der Waals surface area contributed by atoms with Crippen molar-refractivity contribution in [3.05, 3.63) is 40.7 Å². The summed E-state index contributed by atoms with van der Waals surface area (Å²) in [5.74, 6) is 4.33. The minimum absolute atomic E-state index is 0.101. The number of rotatable bonds is 3. The maximum absolute atomic E-state index is 13.8. The number of anilines is 1. The van der Waals surface area contributed by atoms with E-state index in [1.54, 1.807) is 12.3 Å². The smallest absolute Gasteiger partial charge is 0.263 e. The molecule has 2 aromatic rings. The number of benzene rings is 1. The van der Waals surface area contributed by atoms with Gasteiger partial charge in [-0.3, -0.25) is 4.72 Å². The zero-order valence-corrected chi connectivity index (χ0v) is 12.7. The van der Waals surface area contributed by atoms with Crippen molar-refractivity contribution in [2.45, 2.75) is 11.8 Å². The Morgan fingerprint density at radius 2 is 2.24 bits per heavy atom. The van der Waals surface area contributed by atoms with Gasteiger partial charge in [0.1, 0.15) is 5.82 Å². The average Bonchev–Trinajstić information content (AvgIpc) is 2.82. The summed E-state index contributed by atoms with van der Waals surface area (Å²) < 4.78 is 40.3. The molecule has 0 fully saturated rings. The highest BCUT2D eigenvalue weighted by molar-refractivity contribution is 7.93. The lowest BCUT2D eigenvalue weighted by atomic mass is 10.2. The van der Waals surface area contributed by atoms with E-state index in [1.165, 1.54) is 12.1 Å². The molecule has 8 heteroatoms. The van der Waals surface area contributed by atoms with Crippen molar-refractivity contribution in [2.75, 3.05) is 11.3 Å². The van der Waals surface area contributed by atoms with Gasteiger partial charge in [-0.1, -0.05) is 11.8 Å². The second kappa shape index (κ2) is 6.22. The highest BCUT2D eigenvalue weighted by Gasteiger charge is 2.17. The van der Waals surface area contributed by atoms with Crippen LogP contribution in [0, 0.1) is 24.6 Å². The molecular formula is C13H12FN3O2S2. The van der Waals surface area contributed by atoms with Gasteiger partial charge in [-0.05, 0) is 25.1 Å². The van der Waals surface area contributed by atoms with Gasteiger partial charge in [-0.15, -0.1) is 11.3 Å². The third-order valence-electron chi connectivity index (χ3n) is 2.42. The van der Waals surface area contributed by atoms with Gasteiger partial charge in [0.05, 0.1) is 22.7 Å². The predicted octanol–water partition coefficient (Wildman–Crippen LogP) is 1.70. The largest absolute Gasteiger partial charge is 0.320 e. The Morgan fingerprint density at radius 3 is 2.81 bits per heavy atom. The highest BCUT2D eigenvalue weighted by atomic mass is 32.2. The fourth-order valence-electron chi connectivity index (χ4n) is 1.49. The molecular weight excluding hydrogens is 313 g/mol. The monoisotopic (exact) mass is 325 g/mol. The van der Waals surface area contributed by atoms with Crippen molar-refractivity contribution < 1.29 is 12.8 Å². The number of nitrogens with one attached hydrogen (secondary N) is 1. The van der Waals surface area contributed by atoms with Crippen molar-refractivity contribution in [3.8, 4) is 11.8 Å². The molecule has 110 valence electrons. The Balaban J connectivity index is 2.30. The second-order valence-corrected chi connectivity index (χ2v) is 6.59. The summed E-state index contributed by atoms with van der Waals surface area (Å²) in [6.07, 6.45) is 0. The van der Waals surface area contributed by atoms with Gasteiger partial charge in [0, 0.05) is 5.38 Å². The van der Waals surface area contributed by atoms with E-state index in [-0.39, 0.29) is 22.1 Å². The summed E-state index contributed by atoms with van der Waals surface area (Å²) in [5, 5.41) is 1.95. The third kappa shape index (κ3) is 3.78. The molecule has 3 N–H and O–H groups in total. The van der Waals surface area contributed by atoms with Crippen molar-refractivity contribution in [2.24, 2.45) is 5.73 Å². The maximum Gasteiger partial charge on any atom is 0.263 e. The molecule has 2 rings (SSSR count). The van der Waals surface area contributed by atoms with E-state index >= 15 is 0 Å². The summed E-state index contributed by atoms with van der Waals surface area (Å²) in [5.41, 5.74) is 6.01. The number of nitrogens with zero attached hydrogens (tertiary/aromatic N) is 1. The average molecular weight is 325 g/mol. The van der Waals surface area contributed by atoms with Gasteiger partial charge in [0.2, 0.25) is 0 Å². The number of sulfonamides is 1. The van der Waals surface area contributed by atoms with Crippen molar-refractivity contribution >= 4 is 26.5 Å². The summed E-state index contributed by atoms with van der Waals surface area (Å²) in [6, 6.07) is 3.51. The van der Waals surface area contributed by atoms with Crippen LogP contribution in [0.25, 0.3) is 0 Å². The standard InChI is InChI=1S/C13H12FN3O2S2/c1-9-8-20-13(16-9)17-21(18,19)11-5-4-10(3-2-6-15)12(14)7-11/h4-5,7-8H,6,15H2,1H3,(H,16,17). The summed E-state index contributed by atoms with van der Waals surface area (Å²) >= 11 is 1.16. The molecule has 0 aliphatic heterocycles. The Labute approximate surface area is 126 Å². The number of thiazole rings is 1. The second-order valence-electron chi connectivity index (χ2n) is 4.05. The Bertz CT molecular complexity index is 819. The predicted molar refractivity (Wildman–Crippen MR) is 80.0 cm³/mol. The Kier molecular flexibility index (Phi) is 4.57. The quantitative estimate of drug-likeness (QED) is 0.841. The molecule has 0 aliphatic carbocycles. The van der Waals surface area contributed by atoms with E-state index in [0.717, 1.165) is 17.4 Å². The summed E-state index contributed by atoms with van der Waals surface area (Å²) in [7, 11) is -3.87.